The number of thiophene rings is 1. The molecule has 1 heterocycles. The van der Waals surface area contributed by atoms with Crippen LogP contribution < -0.4 is 14.4 Å². The number of nitrogens with one attached hydrogen (secondary N) is 1. The summed E-state index contributed by atoms with van der Waals surface area (Å²) in [5.41, 5.74) is 1.60. The van der Waals surface area contributed by atoms with Gasteiger partial charge in [0, 0.05) is 4.88 Å². The van der Waals surface area contributed by atoms with Gasteiger partial charge in [-0.15, -0.1) is 11.3 Å². The number of carbonyl (C=O) groups excluding carboxylic acids is 2. The number of hydrogen-bond acceptors (Lipinski definition) is 7. The average molecular weight is 529 g/mol. The van der Waals surface area contributed by atoms with Crippen LogP contribution in [-0.4, -0.2) is 39.7 Å². The summed E-state index contributed by atoms with van der Waals surface area (Å²) in [6, 6.07) is 14.6. The molecule has 8 nitrogen and oxygen atoms in total. The number of ether oxygens (including phenoxy) is 2. The first kappa shape index (κ1) is 25.7. The molecule has 0 aliphatic heterocycles. The molecule has 1 aromatic heterocycles. The van der Waals surface area contributed by atoms with Crippen molar-refractivity contribution in [3.63, 3.8) is 0 Å². The number of nitrogens with zero attached hydrogens (tertiary/aromatic N) is 1. The number of fused-ring (bicyclic) bond motifs is 1. The normalized spacial score (nSPS) is 13.9. The number of amides is 1. The monoisotopic (exact) mass is 528 g/mol. The SMILES string of the molecule is COC(=O)c1c(NC(=O)[C@H](C)N(c2ccc(Oc3ccccc3)cc2)S(C)(=O)=O)sc2c1CCCC2. The first-order chi connectivity index (χ1) is 17.2. The van der Waals surface area contributed by atoms with Crippen LogP contribution >= 0.6 is 11.3 Å². The zero-order valence-electron chi connectivity index (χ0n) is 20.3. The Morgan fingerprint density at radius 1 is 1.00 bits per heavy atom. The van der Waals surface area contributed by atoms with Crippen LogP contribution in [0.25, 0.3) is 0 Å². The third kappa shape index (κ3) is 5.55. The second-order valence-corrected chi connectivity index (χ2v) is 11.5. The van der Waals surface area contributed by atoms with E-state index >= 15 is 0 Å². The van der Waals surface area contributed by atoms with Gasteiger partial charge in [-0.25, -0.2) is 13.2 Å². The third-order valence-electron chi connectivity index (χ3n) is 5.96. The van der Waals surface area contributed by atoms with Crippen LogP contribution in [0.2, 0.25) is 0 Å². The molecule has 0 radical (unpaired) electrons. The maximum absolute atomic E-state index is 13.3. The van der Waals surface area contributed by atoms with E-state index in [4.69, 9.17) is 9.47 Å². The van der Waals surface area contributed by atoms with E-state index in [1.807, 2.05) is 30.3 Å². The lowest BCUT2D eigenvalue weighted by molar-refractivity contribution is -0.116. The minimum absolute atomic E-state index is 0.319. The van der Waals surface area contributed by atoms with Crippen molar-refractivity contribution in [2.75, 3.05) is 23.0 Å². The summed E-state index contributed by atoms with van der Waals surface area (Å²) in [4.78, 5) is 26.8. The summed E-state index contributed by atoms with van der Waals surface area (Å²) < 4.78 is 37.3. The van der Waals surface area contributed by atoms with Gasteiger partial charge >= 0.3 is 5.97 Å². The molecule has 1 aliphatic carbocycles. The van der Waals surface area contributed by atoms with Crippen LogP contribution in [-0.2, 0) is 32.4 Å². The zero-order valence-corrected chi connectivity index (χ0v) is 21.9. The van der Waals surface area contributed by atoms with Crippen LogP contribution in [0.5, 0.6) is 11.5 Å². The quantitative estimate of drug-likeness (QED) is 0.413. The van der Waals surface area contributed by atoms with Crippen LogP contribution in [0.1, 0.15) is 40.6 Å². The largest absolute Gasteiger partial charge is 0.465 e. The molecule has 190 valence electrons. The molecule has 3 aromatic rings. The summed E-state index contributed by atoms with van der Waals surface area (Å²) in [5, 5.41) is 3.19. The predicted molar refractivity (Wildman–Crippen MR) is 141 cm³/mol. The van der Waals surface area contributed by atoms with Crippen molar-refractivity contribution >= 4 is 43.9 Å². The van der Waals surface area contributed by atoms with Crippen molar-refractivity contribution in [1.29, 1.82) is 0 Å². The summed E-state index contributed by atoms with van der Waals surface area (Å²) in [7, 11) is -2.51. The maximum Gasteiger partial charge on any atom is 0.341 e. The lowest BCUT2D eigenvalue weighted by Gasteiger charge is -2.28. The first-order valence-electron chi connectivity index (χ1n) is 11.5. The van der Waals surface area contributed by atoms with E-state index in [1.165, 1.54) is 25.4 Å². The number of carbonyl (C=O) groups is 2. The second-order valence-electron chi connectivity index (χ2n) is 8.54. The molecule has 0 unspecified atom stereocenters. The fourth-order valence-electron chi connectivity index (χ4n) is 4.28. The van der Waals surface area contributed by atoms with Crippen molar-refractivity contribution in [1.82, 2.24) is 0 Å². The second kappa shape index (κ2) is 10.7. The molecule has 4 rings (SSSR count). The number of para-hydroxylation sites is 1. The van der Waals surface area contributed by atoms with Crippen molar-refractivity contribution < 1.29 is 27.5 Å². The van der Waals surface area contributed by atoms with Gasteiger partial charge in [-0.3, -0.25) is 9.10 Å². The molecule has 10 heteroatoms. The van der Waals surface area contributed by atoms with Crippen molar-refractivity contribution in [2.45, 2.75) is 38.6 Å². The van der Waals surface area contributed by atoms with Crippen LogP contribution in [0, 0.1) is 0 Å². The zero-order chi connectivity index (χ0) is 25.9. The third-order valence-corrected chi connectivity index (χ3v) is 8.41. The maximum atomic E-state index is 13.3. The average Bonchev–Trinajstić information content (AvgIpc) is 3.22. The number of rotatable bonds is 8. The Bertz CT molecular complexity index is 1350. The van der Waals surface area contributed by atoms with Crippen LogP contribution in [0.15, 0.2) is 54.6 Å². The molecule has 0 saturated carbocycles. The van der Waals surface area contributed by atoms with Gasteiger partial charge < -0.3 is 14.8 Å². The van der Waals surface area contributed by atoms with Crippen molar-refractivity contribution in [3.8, 4) is 11.5 Å². The molecule has 36 heavy (non-hydrogen) atoms. The number of methoxy groups -OCH3 is 1. The Morgan fingerprint density at radius 2 is 1.64 bits per heavy atom. The molecule has 0 bridgehead atoms. The Labute approximate surface area is 214 Å². The van der Waals surface area contributed by atoms with Crippen molar-refractivity contribution in [2.24, 2.45) is 0 Å². The molecule has 1 amide bonds. The van der Waals surface area contributed by atoms with Gasteiger partial charge in [-0.05, 0) is 74.6 Å². The Hall–Kier alpha value is -3.37. The molecule has 1 atom stereocenters. The molecule has 2 aromatic carbocycles. The Morgan fingerprint density at radius 3 is 2.28 bits per heavy atom. The predicted octanol–water partition coefficient (Wildman–Crippen LogP) is 5.00. The number of anilines is 2. The first-order valence-corrected chi connectivity index (χ1v) is 14.2. The summed E-state index contributed by atoms with van der Waals surface area (Å²) in [6.07, 6.45) is 4.61. The van der Waals surface area contributed by atoms with E-state index in [9.17, 15) is 18.0 Å². The van der Waals surface area contributed by atoms with Gasteiger partial charge in [0.15, 0.2) is 0 Å². The standard InChI is InChI=1S/C26H28N2O6S2/c1-17(24(29)27-25-23(26(30)33-2)21-11-7-8-12-22(21)35-25)28(36(3,31)32)18-13-15-20(16-14-18)34-19-9-5-4-6-10-19/h4-6,9-10,13-17H,7-8,11-12H2,1-3H3,(H,27,29)/t17-/m0/s1. The number of hydrogen-bond donors (Lipinski definition) is 1. The summed E-state index contributed by atoms with van der Waals surface area (Å²) >= 11 is 1.35. The van der Waals surface area contributed by atoms with Gasteiger partial charge in [-0.1, -0.05) is 18.2 Å². The number of sulfonamides is 1. The van der Waals surface area contributed by atoms with Gasteiger partial charge in [-0.2, -0.15) is 0 Å². The minimum atomic E-state index is -3.82. The van der Waals surface area contributed by atoms with E-state index in [1.54, 1.807) is 24.3 Å². The lowest BCUT2D eigenvalue weighted by Crippen LogP contribution is -2.45. The van der Waals surface area contributed by atoms with Gasteiger partial charge in [0.2, 0.25) is 15.9 Å². The number of benzene rings is 2. The highest BCUT2D eigenvalue weighted by Crippen LogP contribution is 2.39. The highest BCUT2D eigenvalue weighted by Gasteiger charge is 2.32. The van der Waals surface area contributed by atoms with Gasteiger partial charge in [0.05, 0.1) is 24.6 Å². The van der Waals surface area contributed by atoms with E-state index in [0.29, 0.717) is 27.8 Å². The highest BCUT2D eigenvalue weighted by molar-refractivity contribution is 7.92. The molecule has 0 spiro atoms. The fraction of sp³-hybridized carbons (Fsp3) is 0.308. The van der Waals surface area contributed by atoms with E-state index in [0.717, 1.165) is 46.7 Å². The molecule has 1 N–H and O–H groups in total. The molecule has 1 aliphatic rings. The molecule has 0 fully saturated rings. The summed E-state index contributed by atoms with van der Waals surface area (Å²) in [6.45, 7) is 1.51. The highest BCUT2D eigenvalue weighted by atomic mass is 32.2. The van der Waals surface area contributed by atoms with Crippen LogP contribution in [0.4, 0.5) is 10.7 Å². The Kier molecular flexibility index (Phi) is 7.65. The fourth-order valence-corrected chi connectivity index (χ4v) is 6.74. The van der Waals surface area contributed by atoms with Crippen LogP contribution in [0.3, 0.4) is 0 Å². The molecular weight excluding hydrogens is 500 g/mol. The minimum Gasteiger partial charge on any atom is -0.465 e. The smallest absolute Gasteiger partial charge is 0.341 e. The number of esters is 1. The van der Waals surface area contributed by atoms with Crippen molar-refractivity contribution in [3.05, 3.63) is 70.6 Å². The topological polar surface area (TPSA) is 102 Å². The molecular formula is C26H28N2O6S2. The van der Waals surface area contributed by atoms with Gasteiger partial charge in [0.1, 0.15) is 22.5 Å². The van der Waals surface area contributed by atoms with E-state index in [-0.39, 0.29) is 0 Å². The lowest BCUT2D eigenvalue weighted by atomic mass is 9.95. The summed E-state index contributed by atoms with van der Waals surface area (Å²) in [5.74, 6) is 0.125. The van der Waals surface area contributed by atoms with Gasteiger partial charge in [0.25, 0.3) is 0 Å². The van der Waals surface area contributed by atoms with E-state index in [2.05, 4.69) is 5.32 Å². The Balaban J connectivity index is 1.58. The molecule has 0 saturated heterocycles. The van der Waals surface area contributed by atoms with E-state index < -0.39 is 27.9 Å². The number of aryl methyl sites for hydroxylation is 1.